The Morgan fingerprint density at radius 1 is 0.712 bits per heavy atom. The third-order valence-corrected chi connectivity index (χ3v) is 25.7. The lowest BCUT2D eigenvalue weighted by Crippen LogP contribution is -2.45. The Morgan fingerprint density at radius 2 is 1.14 bits per heavy atom. The van der Waals surface area contributed by atoms with Gasteiger partial charge in [-0.1, -0.05) is 117 Å². The number of carbonyl (C=O) groups is 3. The molecule has 2 fully saturated rings. The van der Waals surface area contributed by atoms with Gasteiger partial charge in [0.25, 0.3) is 0 Å². The van der Waals surface area contributed by atoms with Crippen LogP contribution in [0.15, 0.2) is 60.7 Å². The fraction of sp³-hybridized carbons (Fsp3) is 0.635. The standard InChI is InChI=1S/C31H46O4Si.C31H44O4Si.CH4/c2*1-9-10-13-21(2)26(33)19-18-24-27(35-36(7,8)31(4,5)6)20-28-29(24)25-17-12-16-23(30(25)34-28)15-11-14-22(3)32;/h12,16-19,21,24,26-29,33H,11,13-15,20H2,1-8H3;12,16-19,21,24,27-29H,11,13-15,20H2,1-8H3;1H4/b2*19-18+;/t21-,24-,26+,27+,28-,29-;21-,24-,27+,28-,29-;/m00./s1. The predicted molar refractivity (Wildman–Crippen MR) is 305 cm³/mol. The normalized spacial score (nSPS) is 24.2. The number of hydrogen-bond donors (Lipinski definition) is 1. The lowest BCUT2D eigenvalue weighted by atomic mass is 9.86. The Kier molecular flexibility index (Phi) is 22.0. The molecule has 10 heteroatoms. The van der Waals surface area contributed by atoms with Crippen molar-refractivity contribution in [3.05, 3.63) is 83.0 Å². The summed E-state index contributed by atoms with van der Waals surface area (Å²) >= 11 is 0. The SMILES string of the molecule is C.CC#CC[C@H](C)C(=O)/C=C/[C@@H]1[C@H]2c3cccc(CCCC(C)=O)c3O[C@H]2C[C@H]1O[Si](C)(C)C(C)(C)C.CC#CC[C@H](C)[C@H](O)/C=C/[C@@H]1[C@H]2c3cccc(CCCC(C)=O)c3O[C@H]2C[C@H]1O[Si](C)(C)C(C)(C)C. The zero-order chi connectivity index (χ0) is 53.3. The minimum Gasteiger partial charge on any atom is -0.489 e. The van der Waals surface area contributed by atoms with Crippen molar-refractivity contribution >= 4 is 34.0 Å². The average Bonchev–Trinajstić information content (AvgIpc) is 4.03. The molecule has 11 atom stereocenters. The van der Waals surface area contributed by atoms with Crippen molar-refractivity contribution in [1.82, 2.24) is 0 Å². The first-order chi connectivity index (χ1) is 33.7. The van der Waals surface area contributed by atoms with Crippen molar-refractivity contribution in [2.45, 2.75) is 233 Å². The molecule has 6 rings (SSSR count). The molecule has 2 aromatic carbocycles. The largest absolute Gasteiger partial charge is 0.489 e. The van der Waals surface area contributed by atoms with Crippen molar-refractivity contribution in [3.8, 4) is 35.2 Å². The van der Waals surface area contributed by atoms with Gasteiger partial charge in [0, 0.05) is 79.2 Å². The minimum atomic E-state index is -2.01. The molecule has 1 N–H and O–H groups in total. The molecule has 0 aromatic heterocycles. The van der Waals surface area contributed by atoms with E-state index in [2.05, 4.69) is 140 Å². The van der Waals surface area contributed by atoms with Crippen molar-refractivity contribution in [2.75, 3.05) is 0 Å². The molecule has 0 unspecified atom stereocenters. The van der Waals surface area contributed by atoms with Crippen LogP contribution < -0.4 is 9.47 Å². The van der Waals surface area contributed by atoms with Crippen molar-refractivity contribution in [2.24, 2.45) is 23.7 Å². The Labute approximate surface area is 444 Å². The minimum absolute atomic E-state index is 0. The lowest BCUT2D eigenvalue weighted by Gasteiger charge is -2.40. The highest BCUT2D eigenvalue weighted by Crippen LogP contribution is 2.56. The van der Waals surface area contributed by atoms with Gasteiger partial charge in [-0.3, -0.25) is 4.79 Å². The molecule has 2 aliphatic carbocycles. The van der Waals surface area contributed by atoms with Crippen LogP contribution in [0.1, 0.15) is 176 Å². The zero-order valence-corrected chi connectivity index (χ0v) is 49.0. The van der Waals surface area contributed by atoms with Crippen molar-refractivity contribution in [1.29, 1.82) is 0 Å². The zero-order valence-electron chi connectivity index (χ0n) is 47.0. The van der Waals surface area contributed by atoms with E-state index < -0.39 is 22.7 Å². The molecule has 0 radical (unpaired) electrons. The van der Waals surface area contributed by atoms with Crippen LogP contribution in [0.4, 0.5) is 0 Å². The van der Waals surface area contributed by atoms with Crippen LogP contribution in [-0.4, -0.2) is 69.6 Å². The number of para-hydroxylation sites is 2. The molecule has 402 valence electrons. The maximum atomic E-state index is 12.9. The summed E-state index contributed by atoms with van der Waals surface area (Å²) in [5.41, 5.74) is 4.83. The van der Waals surface area contributed by atoms with E-state index in [1.54, 1.807) is 26.8 Å². The van der Waals surface area contributed by atoms with Crippen LogP contribution in [0.2, 0.25) is 36.3 Å². The number of ketones is 3. The number of aliphatic hydroxyl groups excluding tert-OH is 1. The summed E-state index contributed by atoms with van der Waals surface area (Å²) in [5.74, 6) is 15.0. The summed E-state index contributed by atoms with van der Waals surface area (Å²) in [6, 6.07) is 12.8. The quantitative estimate of drug-likeness (QED) is 0.0605. The van der Waals surface area contributed by atoms with Gasteiger partial charge in [-0.25, -0.2) is 0 Å². The average molecular weight is 1040 g/mol. The van der Waals surface area contributed by atoms with E-state index in [1.165, 1.54) is 22.3 Å². The summed E-state index contributed by atoms with van der Waals surface area (Å²) in [7, 11) is -4.00. The topological polar surface area (TPSA) is 108 Å². The van der Waals surface area contributed by atoms with Crippen LogP contribution in [0.25, 0.3) is 0 Å². The van der Waals surface area contributed by atoms with Crippen LogP contribution >= 0.6 is 0 Å². The summed E-state index contributed by atoms with van der Waals surface area (Å²) in [5, 5.41) is 11.1. The van der Waals surface area contributed by atoms with Gasteiger partial charge in [-0.15, -0.1) is 23.7 Å². The third kappa shape index (κ3) is 15.5. The number of fused-ring (bicyclic) bond motifs is 6. The van der Waals surface area contributed by atoms with E-state index in [1.807, 2.05) is 26.8 Å². The number of aryl methyl sites for hydroxylation is 2. The van der Waals surface area contributed by atoms with Crippen LogP contribution in [0.3, 0.4) is 0 Å². The van der Waals surface area contributed by atoms with Crippen LogP contribution in [0, 0.1) is 47.4 Å². The number of ether oxygens (including phenoxy) is 2. The molecule has 0 spiro atoms. The predicted octanol–water partition coefficient (Wildman–Crippen LogP) is 14.5. The Bertz CT molecular complexity index is 2400. The molecular weight excluding hydrogens is 941 g/mol. The van der Waals surface area contributed by atoms with E-state index in [-0.39, 0.29) is 94.8 Å². The van der Waals surface area contributed by atoms with Crippen molar-refractivity contribution in [3.63, 3.8) is 0 Å². The molecule has 2 saturated carbocycles. The maximum Gasteiger partial charge on any atom is 0.192 e. The summed E-state index contributed by atoms with van der Waals surface area (Å²) in [4.78, 5) is 35.8. The van der Waals surface area contributed by atoms with Gasteiger partial charge in [0.05, 0.1) is 18.3 Å². The molecule has 0 amide bonds. The molecule has 0 saturated heterocycles. The number of hydrogen-bond acceptors (Lipinski definition) is 8. The van der Waals surface area contributed by atoms with Crippen LogP contribution in [0.5, 0.6) is 11.5 Å². The van der Waals surface area contributed by atoms with Crippen LogP contribution in [-0.2, 0) is 36.1 Å². The Hall–Kier alpha value is -4.04. The third-order valence-electron chi connectivity index (χ3n) is 16.7. The van der Waals surface area contributed by atoms with E-state index >= 15 is 0 Å². The Balaban J connectivity index is 0.000000312. The molecule has 73 heavy (non-hydrogen) atoms. The second kappa shape index (κ2) is 26.1. The maximum absolute atomic E-state index is 12.9. The molecule has 2 aliphatic heterocycles. The summed E-state index contributed by atoms with van der Waals surface area (Å²) in [6.07, 6.45) is 15.1. The molecule has 4 aliphatic rings. The smallest absolute Gasteiger partial charge is 0.192 e. The van der Waals surface area contributed by atoms with Gasteiger partial charge in [0.2, 0.25) is 0 Å². The lowest BCUT2D eigenvalue weighted by molar-refractivity contribution is -0.118. The van der Waals surface area contributed by atoms with E-state index in [9.17, 15) is 19.5 Å². The van der Waals surface area contributed by atoms with E-state index in [0.29, 0.717) is 25.7 Å². The number of benzene rings is 2. The fourth-order valence-corrected chi connectivity index (χ4v) is 13.0. The second-order valence-corrected chi connectivity index (χ2v) is 33.9. The van der Waals surface area contributed by atoms with Gasteiger partial charge in [-0.05, 0) is 113 Å². The number of allylic oxidation sites excluding steroid dienone is 1. The summed E-state index contributed by atoms with van der Waals surface area (Å²) in [6.45, 7) is 33.7. The molecular formula is C63H94O8Si2. The number of aliphatic hydroxyl groups is 1. The first-order valence-corrected chi connectivity index (χ1v) is 32.8. The van der Waals surface area contributed by atoms with Gasteiger partial charge < -0.3 is 33.0 Å². The highest BCUT2D eigenvalue weighted by Gasteiger charge is 2.54. The highest BCUT2D eigenvalue weighted by molar-refractivity contribution is 6.74. The summed E-state index contributed by atoms with van der Waals surface area (Å²) < 4.78 is 27.1. The van der Waals surface area contributed by atoms with Gasteiger partial charge >= 0.3 is 0 Å². The van der Waals surface area contributed by atoms with Gasteiger partial charge in [0.15, 0.2) is 22.4 Å². The van der Waals surface area contributed by atoms with E-state index in [0.717, 1.165) is 50.0 Å². The first-order valence-electron chi connectivity index (χ1n) is 27.0. The highest BCUT2D eigenvalue weighted by atomic mass is 28.4. The van der Waals surface area contributed by atoms with Crippen molar-refractivity contribution < 1.29 is 37.8 Å². The molecule has 2 aromatic rings. The first kappa shape index (κ1) is 61.5. The monoisotopic (exact) mass is 1030 g/mol. The number of carbonyl (C=O) groups excluding carboxylic acids is 3. The Morgan fingerprint density at radius 3 is 1.55 bits per heavy atom. The van der Waals surface area contributed by atoms with E-state index in [4.69, 9.17) is 18.3 Å². The van der Waals surface area contributed by atoms with Gasteiger partial charge in [-0.2, -0.15) is 0 Å². The molecule has 2 heterocycles. The molecule has 8 nitrogen and oxygen atoms in total. The van der Waals surface area contributed by atoms with Gasteiger partial charge in [0.1, 0.15) is 35.3 Å². The number of rotatable bonds is 20. The number of Topliss-reactive ketones (excluding diaryl/α,β-unsaturated/α-hetero) is 2. The second-order valence-electron chi connectivity index (χ2n) is 24.4. The fourth-order valence-electron chi connectivity index (χ4n) is 10.2. The molecule has 0 bridgehead atoms.